The van der Waals surface area contributed by atoms with E-state index in [1.165, 1.54) is 25.7 Å². The summed E-state index contributed by atoms with van der Waals surface area (Å²) in [5, 5.41) is 9.89. The molecule has 0 bridgehead atoms. The lowest BCUT2D eigenvalue weighted by atomic mass is 10.1. The van der Waals surface area contributed by atoms with Gasteiger partial charge in [-0.25, -0.2) is 4.99 Å². The summed E-state index contributed by atoms with van der Waals surface area (Å²) in [4.78, 5) is 17.6. The maximum Gasteiger partial charge on any atom is 0.231 e. The third-order valence-corrected chi connectivity index (χ3v) is 6.35. The first kappa shape index (κ1) is 28.7. The maximum absolute atomic E-state index is 12.6. The van der Waals surface area contributed by atoms with Crippen LogP contribution in [0.2, 0.25) is 0 Å². The molecule has 2 unspecified atom stereocenters. The fraction of sp³-hybridized carbons (Fsp3) is 0.333. The predicted molar refractivity (Wildman–Crippen MR) is 161 cm³/mol. The predicted octanol–water partition coefficient (Wildman–Crippen LogP) is 8.22. The fourth-order valence-corrected chi connectivity index (χ4v) is 4.16. The largest absolute Gasteiger partial charge is 0.359 e. The minimum absolute atomic E-state index is 0.0511. The first-order valence-electron chi connectivity index (χ1n) is 13.7. The molecule has 200 valence electrons. The molecule has 4 rings (SSSR count). The monoisotopic (exact) mass is 510 g/mol. The van der Waals surface area contributed by atoms with Gasteiger partial charge in [-0.1, -0.05) is 113 Å². The van der Waals surface area contributed by atoms with E-state index < -0.39 is 0 Å². The molecule has 0 fully saturated rings. The van der Waals surface area contributed by atoms with Crippen molar-refractivity contribution in [2.24, 2.45) is 10.9 Å². The Bertz CT molecular complexity index is 1210. The van der Waals surface area contributed by atoms with Crippen LogP contribution in [0.4, 0.5) is 11.4 Å². The van der Waals surface area contributed by atoms with Gasteiger partial charge >= 0.3 is 0 Å². The van der Waals surface area contributed by atoms with E-state index in [1.54, 1.807) is 0 Å². The van der Waals surface area contributed by atoms with Crippen molar-refractivity contribution >= 4 is 23.1 Å². The van der Waals surface area contributed by atoms with Gasteiger partial charge in [0.1, 0.15) is 12.0 Å². The molecule has 1 aliphatic rings. The molecule has 0 radical (unpaired) electrons. The van der Waals surface area contributed by atoms with E-state index in [-0.39, 0.29) is 18.0 Å². The molecule has 0 spiro atoms. The standard InChI is InChI=1S/C27H28N4O.C6H14/c1-18-13-15-22(16-14-18)29-27(32)19(2)17-20(3)28-26-23-11-7-8-12-24(23)30-25(31-26)21-9-5-4-6-10-21;1-3-5-6-4-2/h4-17,19,25,30H,1-3H3,(H,28,31)(H,29,32);3-6H2,1-2H3/b20-17+;. The number of rotatable bonds is 8. The molecule has 1 aliphatic heterocycles. The molecule has 3 N–H and O–H groups in total. The number of anilines is 2. The Morgan fingerprint density at radius 2 is 1.55 bits per heavy atom. The molecule has 3 aromatic carbocycles. The van der Waals surface area contributed by atoms with Gasteiger partial charge in [0.05, 0.1) is 5.92 Å². The van der Waals surface area contributed by atoms with Crippen LogP contribution in [0.5, 0.6) is 0 Å². The number of para-hydroxylation sites is 1. The van der Waals surface area contributed by atoms with Crippen LogP contribution in [0.25, 0.3) is 0 Å². The van der Waals surface area contributed by atoms with Gasteiger partial charge in [-0.3, -0.25) is 4.79 Å². The summed E-state index contributed by atoms with van der Waals surface area (Å²) >= 11 is 0. The summed E-state index contributed by atoms with van der Waals surface area (Å²) in [6.07, 6.45) is 7.28. The Morgan fingerprint density at radius 3 is 2.21 bits per heavy atom. The molecule has 0 aliphatic carbocycles. The van der Waals surface area contributed by atoms with Crippen LogP contribution in [0.15, 0.2) is 95.6 Å². The zero-order chi connectivity index (χ0) is 27.3. The van der Waals surface area contributed by atoms with Crippen LogP contribution in [-0.2, 0) is 4.79 Å². The lowest BCUT2D eigenvalue weighted by Gasteiger charge is -2.26. The van der Waals surface area contributed by atoms with E-state index in [2.05, 4.69) is 48.0 Å². The number of hydrogen-bond acceptors (Lipinski definition) is 4. The summed E-state index contributed by atoms with van der Waals surface area (Å²) in [7, 11) is 0. The number of amidine groups is 1. The van der Waals surface area contributed by atoms with Gasteiger partial charge in [0.15, 0.2) is 0 Å². The summed E-state index contributed by atoms with van der Waals surface area (Å²) < 4.78 is 0. The number of benzene rings is 3. The Kier molecular flexibility index (Phi) is 11.2. The third-order valence-electron chi connectivity index (χ3n) is 6.35. The van der Waals surface area contributed by atoms with Gasteiger partial charge in [0.2, 0.25) is 5.91 Å². The first-order chi connectivity index (χ1) is 18.4. The number of unbranched alkanes of at least 4 members (excludes halogenated alkanes) is 3. The van der Waals surface area contributed by atoms with Gasteiger partial charge in [-0.2, -0.15) is 0 Å². The molecular weight excluding hydrogens is 468 g/mol. The Balaban J connectivity index is 0.000000599. The smallest absolute Gasteiger partial charge is 0.231 e. The molecule has 5 heteroatoms. The van der Waals surface area contributed by atoms with Crippen molar-refractivity contribution in [1.29, 1.82) is 0 Å². The number of nitrogens with one attached hydrogen (secondary N) is 3. The SMILES string of the molecule is C/C(=C\C(C)C(=O)Nc1ccc(C)cc1)NC1=NC(c2ccccc2)Nc2ccccc21.CCCCCC. The Hall–Kier alpha value is -3.86. The van der Waals surface area contributed by atoms with Crippen LogP contribution < -0.4 is 16.0 Å². The minimum Gasteiger partial charge on any atom is -0.359 e. The maximum atomic E-state index is 12.6. The molecule has 1 amide bonds. The van der Waals surface area contributed by atoms with Gasteiger partial charge in [-0.05, 0) is 43.7 Å². The van der Waals surface area contributed by atoms with E-state index in [9.17, 15) is 4.79 Å². The molecule has 5 nitrogen and oxygen atoms in total. The number of aliphatic imine (C=N–C) groups is 1. The molecule has 2 atom stereocenters. The number of aryl methyl sites for hydroxylation is 1. The molecule has 0 saturated carbocycles. The molecule has 3 aromatic rings. The van der Waals surface area contributed by atoms with E-state index >= 15 is 0 Å². The Morgan fingerprint density at radius 1 is 0.921 bits per heavy atom. The normalized spacial score (nSPS) is 15.1. The quantitative estimate of drug-likeness (QED) is 0.267. The fourth-order valence-electron chi connectivity index (χ4n) is 4.16. The zero-order valence-corrected chi connectivity index (χ0v) is 23.4. The number of allylic oxidation sites excluding steroid dienone is 1. The van der Waals surface area contributed by atoms with Gasteiger partial charge < -0.3 is 16.0 Å². The van der Waals surface area contributed by atoms with Crippen molar-refractivity contribution in [3.05, 3.63) is 107 Å². The van der Waals surface area contributed by atoms with Gasteiger partial charge in [0.25, 0.3) is 0 Å². The van der Waals surface area contributed by atoms with E-state index in [1.807, 2.05) is 87.5 Å². The highest BCUT2D eigenvalue weighted by Gasteiger charge is 2.21. The van der Waals surface area contributed by atoms with E-state index in [4.69, 9.17) is 4.99 Å². The van der Waals surface area contributed by atoms with Crippen LogP contribution in [-0.4, -0.2) is 11.7 Å². The summed E-state index contributed by atoms with van der Waals surface area (Å²) in [5.74, 6) is 0.434. The summed E-state index contributed by atoms with van der Waals surface area (Å²) in [6, 6.07) is 26.1. The topological polar surface area (TPSA) is 65.5 Å². The lowest BCUT2D eigenvalue weighted by molar-refractivity contribution is -0.118. The highest BCUT2D eigenvalue weighted by Crippen LogP contribution is 2.29. The van der Waals surface area contributed by atoms with E-state index in [0.717, 1.165) is 39.6 Å². The minimum atomic E-state index is -0.300. The van der Waals surface area contributed by atoms with Crippen LogP contribution in [0.3, 0.4) is 0 Å². The number of fused-ring (bicyclic) bond motifs is 1. The van der Waals surface area contributed by atoms with Gasteiger partial charge in [0, 0.05) is 22.6 Å². The molecule has 0 saturated heterocycles. The molecule has 0 aromatic heterocycles. The summed E-state index contributed by atoms with van der Waals surface area (Å²) in [5.41, 5.74) is 5.95. The highest BCUT2D eigenvalue weighted by atomic mass is 16.1. The van der Waals surface area contributed by atoms with Gasteiger partial charge in [-0.15, -0.1) is 0 Å². The number of hydrogen-bond donors (Lipinski definition) is 3. The van der Waals surface area contributed by atoms with E-state index in [0.29, 0.717) is 0 Å². The van der Waals surface area contributed by atoms with Crippen molar-refractivity contribution in [3.63, 3.8) is 0 Å². The summed E-state index contributed by atoms with van der Waals surface area (Å²) in [6.45, 7) is 10.3. The first-order valence-corrected chi connectivity index (χ1v) is 13.7. The highest BCUT2D eigenvalue weighted by molar-refractivity contribution is 6.05. The second-order valence-electron chi connectivity index (χ2n) is 9.81. The lowest BCUT2D eigenvalue weighted by Crippen LogP contribution is -2.30. The Labute approximate surface area is 228 Å². The third kappa shape index (κ3) is 8.62. The number of carbonyl (C=O) groups is 1. The average molecular weight is 511 g/mol. The number of amides is 1. The van der Waals surface area contributed by atoms with Crippen molar-refractivity contribution in [2.75, 3.05) is 10.6 Å². The molecule has 1 heterocycles. The molecular formula is C33H42N4O. The molecule has 38 heavy (non-hydrogen) atoms. The van der Waals surface area contributed by atoms with Crippen molar-refractivity contribution in [2.45, 2.75) is 66.5 Å². The zero-order valence-electron chi connectivity index (χ0n) is 23.4. The van der Waals surface area contributed by atoms with Crippen LogP contribution >= 0.6 is 0 Å². The number of carbonyl (C=O) groups excluding carboxylic acids is 1. The average Bonchev–Trinajstić information content (AvgIpc) is 2.93. The second-order valence-corrected chi connectivity index (χ2v) is 9.81. The van der Waals surface area contributed by atoms with Crippen molar-refractivity contribution < 1.29 is 4.79 Å². The van der Waals surface area contributed by atoms with Crippen molar-refractivity contribution in [1.82, 2.24) is 5.32 Å². The van der Waals surface area contributed by atoms with Crippen LogP contribution in [0.1, 0.15) is 76.2 Å². The van der Waals surface area contributed by atoms with Crippen molar-refractivity contribution in [3.8, 4) is 0 Å². The second kappa shape index (κ2) is 14.8. The number of nitrogens with zero attached hydrogens (tertiary/aromatic N) is 1. The van der Waals surface area contributed by atoms with Crippen LogP contribution in [0, 0.1) is 12.8 Å².